The van der Waals surface area contributed by atoms with Crippen LogP contribution in [0.2, 0.25) is 0 Å². The number of Topliss-reactive ketones (excluding diaryl/α,β-unsaturated/α-hetero) is 1. The maximum absolute atomic E-state index is 11.9. The van der Waals surface area contributed by atoms with Crippen LogP contribution in [0.5, 0.6) is 0 Å². The van der Waals surface area contributed by atoms with Gasteiger partial charge in [-0.05, 0) is 6.92 Å². The number of carbonyl (C=O) groups excluding carboxylic acids is 1. The van der Waals surface area contributed by atoms with Gasteiger partial charge in [-0.25, -0.2) is 9.67 Å². The number of ketones is 1. The fraction of sp³-hybridized carbons (Fsp3) is 0.727. The molecule has 1 N–H and O–H groups in total. The molecule has 1 aromatic heterocycles. The summed E-state index contributed by atoms with van der Waals surface area (Å²) in [5.74, 6) is 0.891. The van der Waals surface area contributed by atoms with Crippen LogP contribution in [0.15, 0.2) is 6.33 Å². The zero-order valence-corrected chi connectivity index (χ0v) is 10.1. The number of ether oxygens (including phenoxy) is 1. The van der Waals surface area contributed by atoms with E-state index in [1.165, 1.54) is 6.33 Å². The van der Waals surface area contributed by atoms with Gasteiger partial charge in [0, 0.05) is 26.1 Å². The van der Waals surface area contributed by atoms with E-state index in [1.807, 2.05) is 6.92 Å². The number of carbonyl (C=O) groups is 1. The van der Waals surface area contributed by atoms with Gasteiger partial charge in [0.25, 0.3) is 0 Å². The van der Waals surface area contributed by atoms with Crippen molar-refractivity contribution in [2.24, 2.45) is 0 Å². The number of rotatable bonds is 5. The first-order chi connectivity index (χ1) is 8.29. The van der Waals surface area contributed by atoms with Crippen molar-refractivity contribution in [1.29, 1.82) is 0 Å². The normalized spacial score (nSPS) is 20.4. The van der Waals surface area contributed by atoms with Crippen molar-refractivity contribution in [3.05, 3.63) is 12.2 Å². The van der Waals surface area contributed by atoms with Crippen LogP contribution >= 0.6 is 0 Å². The van der Waals surface area contributed by atoms with Crippen LogP contribution in [0.3, 0.4) is 0 Å². The van der Waals surface area contributed by atoms with E-state index in [9.17, 15) is 4.79 Å². The van der Waals surface area contributed by atoms with Crippen molar-refractivity contribution in [3.8, 4) is 0 Å². The Morgan fingerprint density at radius 3 is 3.29 bits per heavy atom. The number of morpholine rings is 1. The molecule has 1 unspecified atom stereocenters. The standard InChI is InChI=1S/C11H18N4O2/c1-2-15-11(13-8-14-15)6-9(16)5-10-7-12-3-4-17-10/h8,10,12H,2-7H2,1H3. The summed E-state index contributed by atoms with van der Waals surface area (Å²) in [5, 5.41) is 7.26. The summed E-state index contributed by atoms with van der Waals surface area (Å²) in [7, 11) is 0. The van der Waals surface area contributed by atoms with Crippen LogP contribution in [0.25, 0.3) is 0 Å². The van der Waals surface area contributed by atoms with Gasteiger partial charge < -0.3 is 10.1 Å². The molecule has 2 rings (SSSR count). The Hall–Kier alpha value is -1.27. The molecule has 1 saturated heterocycles. The fourth-order valence-corrected chi connectivity index (χ4v) is 1.94. The smallest absolute Gasteiger partial charge is 0.143 e. The van der Waals surface area contributed by atoms with E-state index in [1.54, 1.807) is 4.68 Å². The van der Waals surface area contributed by atoms with Crippen molar-refractivity contribution in [3.63, 3.8) is 0 Å². The van der Waals surface area contributed by atoms with Gasteiger partial charge in [-0.2, -0.15) is 5.10 Å². The van der Waals surface area contributed by atoms with Gasteiger partial charge in [0.15, 0.2) is 0 Å². The van der Waals surface area contributed by atoms with Crippen molar-refractivity contribution < 1.29 is 9.53 Å². The van der Waals surface area contributed by atoms with Gasteiger partial charge in [0.2, 0.25) is 0 Å². The first-order valence-electron chi connectivity index (χ1n) is 6.00. The number of hydrogen-bond acceptors (Lipinski definition) is 5. The van der Waals surface area contributed by atoms with E-state index in [0.717, 1.165) is 25.5 Å². The third-order valence-electron chi connectivity index (χ3n) is 2.81. The first kappa shape index (κ1) is 12.2. The molecule has 1 aromatic rings. The Balaban J connectivity index is 1.84. The second kappa shape index (κ2) is 5.88. The molecule has 17 heavy (non-hydrogen) atoms. The topological polar surface area (TPSA) is 69.0 Å². The number of nitrogens with one attached hydrogen (secondary N) is 1. The molecule has 0 spiro atoms. The zero-order valence-electron chi connectivity index (χ0n) is 10.1. The Morgan fingerprint density at radius 1 is 1.71 bits per heavy atom. The molecule has 0 radical (unpaired) electrons. The summed E-state index contributed by atoms with van der Waals surface area (Å²) in [6.07, 6.45) is 2.29. The summed E-state index contributed by atoms with van der Waals surface area (Å²) < 4.78 is 7.25. The van der Waals surface area contributed by atoms with Gasteiger partial charge in [0.05, 0.1) is 19.1 Å². The van der Waals surface area contributed by atoms with Crippen molar-refractivity contribution >= 4 is 5.78 Å². The SMILES string of the molecule is CCn1ncnc1CC(=O)CC1CNCCO1. The Kier molecular flexibility index (Phi) is 4.22. The second-order valence-corrected chi connectivity index (χ2v) is 4.11. The van der Waals surface area contributed by atoms with E-state index < -0.39 is 0 Å². The minimum atomic E-state index is 0.00856. The Bertz CT molecular complexity index is 371. The molecule has 1 aliphatic rings. The maximum Gasteiger partial charge on any atom is 0.143 e. The number of aromatic nitrogens is 3. The average molecular weight is 238 g/mol. The van der Waals surface area contributed by atoms with E-state index in [4.69, 9.17) is 4.74 Å². The molecule has 1 fully saturated rings. The molecule has 0 bridgehead atoms. The number of nitrogens with zero attached hydrogens (tertiary/aromatic N) is 3. The van der Waals surface area contributed by atoms with Crippen LogP contribution in [-0.2, 0) is 22.5 Å². The van der Waals surface area contributed by atoms with Crippen LogP contribution in [0.4, 0.5) is 0 Å². The minimum absolute atomic E-state index is 0.00856. The lowest BCUT2D eigenvalue weighted by atomic mass is 10.1. The van der Waals surface area contributed by atoms with Crippen molar-refractivity contribution in [2.45, 2.75) is 32.4 Å². The number of hydrogen-bond donors (Lipinski definition) is 1. The summed E-state index contributed by atoms with van der Waals surface area (Å²) in [6.45, 7) is 5.03. The minimum Gasteiger partial charge on any atom is -0.375 e. The van der Waals surface area contributed by atoms with E-state index in [2.05, 4.69) is 15.4 Å². The zero-order chi connectivity index (χ0) is 12.1. The molecule has 2 heterocycles. The van der Waals surface area contributed by atoms with Gasteiger partial charge in [0.1, 0.15) is 17.9 Å². The molecule has 0 aromatic carbocycles. The van der Waals surface area contributed by atoms with E-state index >= 15 is 0 Å². The molecule has 0 aliphatic carbocycles. The summed E-state index contributed by atoms with van der Waals surface area (Å²) in [5.41, 5.74) is 0. The lowest BCUT2D eigenvalue weighted by Crippen LogP contribution is -2.39. The largest absolute Gasteiger partial charge is 0.375 e. The third-order valence-corrected chi connectivity index (χ3v) is 2.81. The van der Waals surface area contributed by atoms with Gasteiger partial charge in [-0.15, -0.1) is 0 Å². The molecule has 0 amide bonds. The monoisotopic (exact) mass is 238 g/mol. The first-order valence-corrected chi connectivity index (χ1v) is 6.00. The van der Waals surface area contributed by atoms with E-state index in [0.29, 0.717) is 19.4 Å². The average Bonchev–Trinajstić information content (AvgIpc) is 2.77. The summed E-state index contributed by atoms with van der Waals surface area (Å²) >= 11 is 0. The highest BCUT2D eigenvalue weighted by Crippen LogP contribution is 2.05. The van der Waals surface area contributed by atoms with Gasteiger partial charge in [-0.1, -0.05) is 0 Å². The highest BCUT2D eigenvalue weighted by Gasteiger charge is 2.18. The van der Waals surface area contributed by atoms with Crippen molar-refractivity contribution in [2.75, 3.05) is 19.7 Å². The van der Waals surface area contributed by atoms with E-state index in [-0.39, 0.29) is 11.9 Å². The summed E-state index contributed by atoms with van der Waals surface area (Å²) in [6, 6.07) is 0. The maximum atomic E-state index is 11.9. The second-order valence-electron chi connectivity index (χ2n) is 4.11. The Morgan fingerprint density at radius 2 is 2.59 bits per heavy atom. The number of aryl methyl sites for hydroxylation is 1. The van der Waals surface area contributed by atoms with Crippen LogP contribution in [0.1, 0.15) is 19.2 Å². The lowest BCUT2D eigenvalue weighted by molar-refractivity contribution is -0.121. The van der Waals surface area contributed by atoms with Crippen LogP contribution < -0.4 is 5.32 Å². The predicted molar refractivity (Wildman–Crippen MR) is 61.6 cm³/mol. The molecule has 1 aliphatic heterocycles. The molecule has 1 atom stereocenters. The third kappa shape index (κ3) is 3.34. The lowest BCUT2D eigenvalue weighted by Gasteiger charge is -2.22. The molecular weight excluding hydrogens is 220 g/mol. The molecule has 94 valence electrons. The molecule has 0 saturated carbocycles. The highest BCUT2D eigenvalue weighted by atomic mass is 16.5. The van der Waals surface area contributed by atoms with Crippen LogP contribution in [0, 0.1) is 0 Å². The van der Waals surface area contributed by atoms with Crippen molar-refractivity contribution in [1.82, 2.24) is 20.1 Å². The van der Waals surface area contributed by atoms with Gasteiger partial charge in [-0.3, -0.25) is 4.79 Å². The summed E-state index contributed by atoms with van der Waals surface area (Å²) in [4.78, 5) is 16.0. The quantitative estimate of drug-likeness (QED) is 0.768. The van der Waals surface area contributed by atoms with Crippen LogP contribution in [-0.4, -0.2) is 46.3 Å². The predicted octanol–water partition coefficient (Wildman–Crippen LogP) is -0.212. The van der Waals surface area contributed by atoms with Gasteiger partial charge >= 0.3 is 0 Å². The Labute approximate surface area is 100 Å². The fourth-order valence-electron chi connectivity index (χ4n) is 1.94. The molecule has 6 nitrogen and oxygen atoms in total. The molecule has 6 heteroatoms. The molecular formula is C11H18N4O2. The highest BCUT2D eigenvalue weighted by molar-refractivity contribution is 5.80.